The van der Waals surface area contributed by atoms with Crippen molar-refractivity contribution in [3.63, 3.8) is 0 Å². The van der Waals surface area contributed by atoms with E-state index in [-0.39, 0.29) is 44.0 Å². The maximum Gasteiger partial charge on any atom is 0.261 e. The van der Waals surface area contributed by atoms with E-state index in [9.17, 15) is 18.4 Å². The van der Waals surface area contributed by atoms with Gasteiger partial charge in [0.2, 0.25) is 5.91 Å². The summed E-state index contributed by atoms with van der Waals surface area (Å²) >= 11 is 1.26. The summed E-state index contributed by atoms with van der Waals surface area (Å²) in [6, 6.07) is 10.4. The number of hydrogen-bond donors (Lipinski definition) is 2. The molecule has 3 aliphatic rings. The van der Waals surface area contributed by atoms with E-state index >= 15 is 0 Å². The maximum absolute atomic E-state index is 14.1. The number of pyridine rings is 1. The van der Waals surface area contributed by atoms with Crippen molar-refractivity contribution in [2.75, 3.05) is 36.5 Å². The highest BCUT2D eigenvalue weighted by Gasteiger charge is 2.73. The molecule has 1 saturated carbocycles. The largest absolute Gasteiger partial charge is 0.376 e. The van der Waals surface area contributed by atoms with Crippen LogP contribution in [-0.2, 0) is 26.3 Å². The van der Waals surface area contributed by atoms with Crippen molar-refractivity contribution in [2.45, 2.75) is 50.4 Å². The smallest absolute Gasteiger partial charge is 0.261 e. The minimum atomic E-state index is -2.85. The molecule has 40 heavy (non-hydrogen) atoms. The lowest BCUT2D eigenvalue weighted by atomic mass is 9.88. The molecule has 0 radical (unpaired) electrons. The highest BCUT2D eigenvalue weighted by atomic mass is 32.1. The second kappa shape index (κ2) is 10.2. The average molecular weight is 570 g/mol. The number of alkyl halides is 2. The number of hydrogen-bond acceptors (Lipinski definition) is 8. The maximum atomic E-state index is 14.1. The summed E-state index contributed by atoms with van der Waals surface area (Å²) in [7, 11) is 0. The first kappa shape index (κ1) is 26.7. The highest BCUT2D eigenvalue weighted by molar-refractivity contribution is 7.14. The van der Waals surface area contributed by atoms with Crippen molar-refractivity contribution in [2.24, 2.45) is 0 Å². The van der Waals surface area contributed by atoms with Gasteiger partial charge in [-0.05, 0) is 49.2 Å². The fourth-order valence-corrected chi connectivity index (χ4v) is 6.19. The molecule has 210 valence electrons. The molecule has 0 bridgehead atoms. The first-order chi connectivity index (χ1) is 19.1. The van der Waals surface area contributed by atoms with Crippen LogP contribution in [0.2, 0.25) is 0 Å². The summed E-state index contributed by atoms with van der Waals surface area (Å²) in [5, 5.41) is 7.45. The van der Waals surface area contributed by atoms with Gasteiger partial charge in [0, 0.05) is 30.5 Å². The van der Waals surface area contributed by atoms with E-state index in [1.807, 2.05) is 37.4 Å². The Balaban J connectivity index is 1.06. The van der Waals surface area contributed by atoms with E-state index in [4.69, 9.17) is 14.5 Å². The van der Waals surface area contributed by atoms with Crippen molar-refractivity contribution >= 4 is 34.1 Å². The van der Waals surface area contributed by atoms with E-state index in [2.05, 4.69) is 20.5 Å². The molecule has 1 aliphatic carbocycles. The third-order valence-corrected chi connectivity index (χ3v) is 8.25. The van der Waals surface area contributed by atoms with Gasteiger partial charge in [0.15, 0.2) is 5.13 Å². The molecule has 3 aromatic rings. The van der Waals surface area contributed by atoms with E-state index in [1.54, 1.807) is 12.1 Å². The summed E-state index contributed by atoms with van der Waals surface area (Å²) in [5.74, 6) is -2.98. The van der Waals surface area contributed by atoms with Crippen LogP contribution in [0.25, 0.3) is 11.4 Å². The third kappa shape index (κ3) is 5.06. The van der Waals surface area contributed by atoms with Gasteiger partial charge < -0.3 is 25.0 Å². The lowest BCUT2D eigenvalue weighted by Crippen LogP contribution is -2.45. The summed E-state index contributed by atoms with van der Waals surface area (Å²) < 4.78 is 39.5. The number of aromatic nitrogens is 2. The topological polar surface area (TPSA) is 106 Å². The van der Waals surface area contributed by atoms with Crippen molar-refractivity contribution in [3.8, 4) is 11.4 Å². The van der Waals surface area contributed by atoms with Crippen LogP contribution in [0, 0.1) is 0 Å². The first-order valence-electron chi connectivity index (χ1n) is 13.1. The van der Waals surface area contributed by atoms with Gasteiger partial charge in [-0.3, -0.25) is 9.59 Å². The number of rotatable bonds is 6. The fraction of sp³-hybridized carbons (Fsp3) is 0.429. The van der Waals surface area contributed by atoms with Crippen LogP contribution in [0.5, 0.6) is 0 Å². The number of nitrogens with one attached hydrogen (secondary N) is 2. The summed E-state index contributed by atoms with van der Waals surface area (Å²) in [5.41, 5.74) is 1.29. The summed E-state index contributed by atoms with van der Waals surface area (Å²) in [4.78, 5) is 36.7. The number of amides is 2. The van der Waals surface area contributed by atoms with Crippen molar-refractivity contribution < 1.29 is 27.8 Å². The zero-order valence-electron chi connectivity index (χ0n) is 22.1. The van der Waals surface area contributed by atoms with Crippen molar-refractivity contribution in [3.05, 3.63) is 58.5 Å². The van der Waals surface area contributed by atoms with Crippen molar-refractivity contribution in [1.82, 2.24) is 15.3 Å². The van der Waals surface area contributed by atoms with Gasteiger partial charge in [0.25, 0.3) is 11.8 Å². The fourth-order valence-electron chi connectivity index (χ4n) is 5.47. The van der Waals surface area contributed by atoms with E-state index in [0.717, 1.165) is 18.9 Å². The Bertz CT molecular complexity index is 1460. The van der Waals surface area contributed by atoms with Crippen molar-refractivity contribution in [1.29, 1.82) is 0 Å². The van der Waals surface area contributed by atoms with Gasteiger partial charge in [0.1, 0.15) is 11.5 Å². The number of fused-ring (bicyclic) bond motifs is 2. The Hall–Kier alpha value is -3.48. The van der Waals surface area contributed by atoms with Gasteiger partial charge in [0.05, 0.1) is 43.1 Å². The number of benzene rings is 1. The van der Waals surface area contributed by atoms with Gasteiger partial charge >= 0.3 is 0 Å². The van der Waals surface area contributed by atoms with Crippen LogP contribution >= 0.6 is 11.3 Å². The van der Waals surface area contributed by atoms with Gasteiger partial charge in [-0.25, -0.2) is 18.7 Å². The molecule has 2 aliphatic heterocycles. The number of thiazole rings is 1. The quantitative estimate of drug-likeness (QED) is 0.463. The minimum Gasteiger partial charge on any atom is -0.376 e. The standard InChI is InChI=1S/C28H29F2N5O4S/c1-16-10-35(11-17(2)39-16)23-5-3-4-21(32-23)22-13-40-26(33-22)34-24(36)9-31-25(37)18-6-7-19-12-38-15-27(20(19)8-18)14-28(27,29)30/h3-8,13,16-17H,9-12,14-15H2,1-2H3,(H,31,37)(H,33,34,36)/t16-,17+,27-/m1/s1. The van der Waals surface area contributed by atoms with Gasteiger partial charge in [-0.2, -0.15) is 0 Å². The number of anilines is 2. The Morgan fingerprint density at radius 3 is 2.65 bits per heavy atom. The number of halogens is 2. The van der Waals surface area contributed by atoms with Crippen LogP contribution < -0.4 is 15.5 Å². The molecule has 12 heteroatoms. The summed E-state index contributed by atoms with van der Waals surface area (Å²) in [6.07, 6.45) is -0.0729. The molecular weight excluding hydrogens is 540 g/mol. The molecule has 6 rings (SSSR count). The van der Waals surface area contributed by atoms with Gasteiger partial charge in [-0.1, -0.05) is 12.1 Å². The zero-order chi connectivity index (χ0) is 28.1. The molecule has 1 spiro atoms. The normalized spacial score (nSPS) is 24.9. The molecule has 1 saturated heterocycles. The molecule has 1 aromatic carbocycles. The molecule has 2 amide bonds. The van der Waals surface area contributed by atoms with Crippen LogP contribution in [0.15, 0.2) is 41.8 Å². The van der Waals surface area contributed by atoms with Crippen LogP contribution in [0.1, 0.15) is 41.8 Å². The minimum absolute atomic E-state index is 0.0677. The van der Waals surface area contributed by atoms with Crippen LogP contribution in [-0.4, -0.2) is 66.2 Å². The average Bonchev–Trinajstić information content (AvgIpc) is 3.22. The summed E-state index contributed by atoms with van der Waals surface area (Å²) in [6.45, 7) is 5.45. The van der Waals surface area contributed by atoms with E-state index < -0.39 is 23.2 Å². The Morgan fingerprint density at radius 2 is 1.90 bits per heavy atom. The van der Waals surface area contributed by atoms with E-state index in [0.29, 0.717) is 27.6 Å². The SMILES string of the molecule is C[C@@H]1CN(c2cccc(-c3csc(NC(=O)CNC(=O)c4ccc5c(c4)[C@]4(COC5)CC4(F)F)n3)n2)C[C@H](C)O1. The molecule has 3 atom stereocenters. The number of morpholine rings is 1. The Labute approximate surface area is 233 Å². The molecule has 2 fully saturated rings. The second-order valence-electron chi connectivity index (χ2n) is 10.6. The Morgan fingerprint density at radius 1 is 1.12 bits per heavy atom. The molecular formula is C28H29F2N5O4S. The third-order valence-electron chi connectivity index (χ3n) is 7.49. The Kier molecular flexibility index (Phi) is 6.79. The molecule has 2 N–H and O–H groups in total. The molecule has 9 nitrogen and oxygen atoms in total. The lowest BCUT2D eigenvalue weighted by molar-refractivity contribution is -0.115. The number of ether oxygens (including phenoxy) is 2. The van der Waals surface area contributed by atoms with Gasteiger partial charge in [-0.15, -0.1) is 11.3 Å². The lowest BCUT2D eigenvalue weighted by Gasteiger charge is -2.36. The second-order valence-corrected chi connectivity index (χ2v) is 11.5. The number of nitrogens with zero attached hydrogens (tertiary/aromatic N) is 3. The molecule has 4 heterocycles. The number of carbonyl (C=O) groups excluding carboxylic acids is 2. The molecule has 2 aromatic heterocycles. The predicted octanol–water partition coefficient (Wildman–Crippen LogP) is 3.99. The van der Waals surface area contributed by atoms with Crippen LogP contribution in [0.4, 0.5) is 19.7 Å². The van der Waals surface area contributed by atoms with E-state index in [1.165, 1.54) is 17.4 Å². The predicted molar refractivity (Wildman–Crippen MR) is 146 cm³/mol. The highest BCUT2D eigenvalue weighted by Crippen LogP contribution is 2.63. The zero-order valence-corrected chi connectivity index (χ0v) is 22.9. The first-order valence-corrected chi connectivity index (χ1v) is 14.0. The molecule has 0 unspecified atom stereocenters. The monoisotopic (exact) mass is 569 g/mol. The number of carbonyl (C=O) groups is 2. The van der Waals surface area contributed by atoms with Crippen LogP contribution in [0.3, 0.4) is 0 Å².